The van der Waals surface area contributed by atoms with Gasteiger partial charge in [-0.3, -0.25) is 0 Å². The van der Waals surface area contributed by atoms with Gasteiger partial charge in [0.25, 0.3) is 0 Å². The molecule has 1 aliphatic rings. The first-order valence-corrected chi connectivity index (χ1v) is 4.50. The Morgan fingerprint density at radius 1 is 1.29 bits per heavy atom. The van der Waals surface area contributed by atoms with Gasteiger partial charge in [0.05, 0.1) is 0 Å². The Kier molecular flexibility index (Phi) is 2.55. The maximum Gasteiger partial charge on any atom is 0.185 e. The largest absolute Gasteiger partial charge is 0.557 e. The molecule has 74 valence electrons. The van der Waals surface area contributed by atoms with Gasteiger partial charge < -0.3 is 21.2 Å². The molecule has 2 rings (SSSR count). The van der Waals surface area contributed by atoms with Crippen LogP contribution < -0.4 is 5.73 Å². The second-order valence-electron chi connectivity index (χ2n) is 3.10. The summed E-state index contributed by atoms with van der Waals surface area (Å²) in [5.41, 5.74) is 10.4. The highest BCUT2D eigenvalue weighted by Gasteiger charge is 1.99. The van der Waals surface area contributed by atoms with E-state index in [4.69, 9.17) is 10.6 Å². The number of benzene rings is 1. The summed E-state index contributed by atoms with van der Waals surface area (Å²) in [6.07, 6.45) is 2.61. The highest BCUT2D eigenvalue weighted by molar-refractivity contribution is 5.15. The monoisotopic (exact) mass is 190 g/mol. The van der Waals surface area contributed by atoms with Crippen LogP contribution in [0, 0.1) is 0 Å². The molecule has 0 saturated carbocycles. The minimum absolute atomic E-state index is 0.345. The minimum atomic E-state index is 0.345. The molecule has 1 aromatic carbocycles. The second-order valence-corrected chi connectivity index (χ2v) is 3.10. The number of hydrogen-bond donors (Lipinski definition) is 1. The van der Waals surface area contributed by atoms with Gasteiger partial charge in [0.15, 0.2) is 5.88 Å². The van der Waals surface area contributed by atoms with Crippen molar-refractivity contribution in [2.75, 3.05) is 6.54 Å². The topological polar surface area (TPSA) is 52.6 Å². The molecule has 1 aliphatic heterocycles. The van der Waals surface area contributed by atoms with Crippen LogP contribution >= 0.6 is 0 Å². The summed E-state index contributed by atoms with van der Waals surface area (Å²) in [6.45, 7) is 0.782. The van der Waals surface area contributed by atoms with E-state index >= 15 is 0 Å². The second kappa shape index (κ2) is 4.02. The maximum atomic E-state index is 5.40. The first-order valence-electron chi connectivity index (χ1n) is 4.50. The zero-order chi connectivity index (χ0) is 9.80. The van der Waals surface area contributed by atoms with Crippen LogP contribution in [0.2, 0.25) is 0 Å². The van der Waals surface area contributed by atoms with Gasteiger partial charge in [0.2, 0.25) is 0 Å². The Balaban J connectivity index is 1.84. The molecular formula is C10H12N3O-. The molecular weight excluding hydrogens is 178 g/mol. The van der Waals surface area contributed by atoms with E-state index in [2.05, 4.69) is 17.7 Å². The van der Waals surface area contributed by atoms with E-state index in [0.29, 0.717) is 5.88 Å². The van der Waals surface area contributed by atoms with Gasteiger partial charge in [-0.2, -0.15) is 0 Å². The van der Waals surface area contributed by atoms with Crippen molar-refractivity contribution < 1.29 is 4.84 Å². The van der Waals surface area contributed by atoms with Crippen LogP contribution in [0.15, 0.2) is 42.4 Å². The summed E-state index contributed by atoms with van der Waals surface area (Å²) in [4.78, 5) is 4.74. The van der Waals surface area contributed by atoms with Gasteiger partial charge >= 0.3 is 0 Å². The standard InChI is InChI=1S/C10H12N3O/c11-10-8-13(12-14-10)7-6-9-4-2-1-3-5-9/h1-5,8H,6-7,11H2/q-1. The molecule has 1 aromatic rings. The van der Waals surface area contributed by atoms with Crippen LogP contribution in [0.3, 0.4) is 0 Å². The van der Waals surface area contributed by atoms with E-state index in [1.165, 1.54) is 5.56 Å². The van der Waals surface area contributed by atoms with Gasteiger partial charge in [-0.1, -0.05) is 30.3 Å². The summed E-state index contributed by atoms with van der Waals surface area (Å²) in [7, 11) is 0. The molecule has 0 aromatic heterocycles. The Bertz CT molecular complexity index is 323. The van der Waals surface area contributed by atoms with Crippen molar-refractivity contribution >= 4 is 0 Å². The predicted octanol–water partition coefficient (Wildman–Crippen LogP) is 1.52. The van der Waals surface area contributed by atoms with E-state index in [1.807, 2.05) is 18.2 Å². The smallest absolute Gasteiger partial charge is 0.185 e. The number of rotatable bonds is 3. The van der Waals surface area contributed by atoms with E-state index in [-0.39, 0.29) is 0 Å². The van der Waals surface area contributed by atoms with Crippen molar-refractivity contribution in [3.8, 4) is 0 Å². The fourth-order valence-corrected chi connectivity index (χ4v) is 1.29. The third-order valence-corrected chi connectivity index (χ3v) is 2.00. The summed E-state index contributed by atoms with van der Waals surface area (Å²) in [6, 6.07) is 10.2. The maximum absolute atomic E-state index is 5.40. The highest BCUT2D eigenvalue weighted by atomic mass is 16.7. The van der Waals surface area contributed by atoms with E-state index in [1.54, 1.807) is 11.2 Å². The summed E-state index contributed by atoms with van der Waals surface area (Å²) < 4.78 is 0. The number of nitrogens with two attached hydrogens (primary N) is 1. The molecule has 2 N–H and O–H groups in total. The lowest BCUT2D eigenvalue weighted by atomic mass is 10.1. The van der Waals surface area contributed by atoms with E-state index < -0.39 is 0 Å². The lowest BCUT2D eigenvalue weighted by Gasteiger charge is -2.27. The molecule has 0 amide bonds. The van der Waals surface area contributed by atoms with Crippen LogP contribution in [0.1, 0.15) is 5.56 Å². The quantitative estimate of drug-likeness (QED) is 0.786. The average molecular weight is 190 g/mol. The summed E-state index contributed by atoms with van der Waals surface area (Å²) in [5, 5.41) is 1.70. The van der Waals surface area contributed by atoms with Crippen LogP contribution in [-0.2, 0) is 11.3 Å². The Labute approximate surface area is 82.9 Å². The zero-order valence-corrected chi connectivity index (χ0v) is 7.76. The first kappa shape index (κ1) is 8.90. The molecule has 4 nitrogen and oxygen atoms in total. The van der Waals surface area contributed by atoms with Crippen molar-refractivity contribution in [2.24, 2.45) is 5.73 Å². The van der Waals surface area contributed by atoms with E-state index in [0.717, 1.165) is 13.0 Å². The van der Waals surface area contributed by atoms with Crippen molar-refractivity contribution in [3.05, 3.63) is 53.6 Å². The molecule has 0 spiro atoms. The molecule has 0 radical (unpaired) electrons. The van der Waals surface area contributed by atoms with Gasteiger partial charge in [-0.25, -0.2) is 0 Å². The van der Waals surface area contributed by atoms with E-state index in [9.17, 15) is 0 Å². The van der Waals surface area contributed by atoms with Gasteiger partial charge in [0.1, 0.15) is 0 Å². The number of hydrogen-bond acceptors (Lipinski definition) is 3. The average Bonchev–Trinajstić information content (AvgIpc) is 2.63. The Morgan fingerprint density at radius 2 is 2.07 bits per heavy atom. The molecule has 0 fully saturated rings. The van der Waals surface area contributed by atoms with Crippen LogP contribution in [0.4, 0.5) is 0 Å². The van der Waals surface area contributed by atoms with Crippen molar-refractivity contribution in [2.45, 2.75) is 6.42 Å². The van der Waals surface area contributed by atoms with Crippen LogP contribution in [0.25, 0.3) is 5.59 Å². The summed E-state index contributed by atoms with van der Waals surface area (Å²) in [5.74, 6) is 0.345. The number of nitrogens with zero attached hydrogens (tertiary/aromatic N) is 2. The molecule has 4 heteroatoms. The Morgan fingerprint density at radius 3 is 2.71 bits per heavy atom. The molecule has 1 heterocycles. The van der Waals surface area contributed by atoms with Crippen LogP contribution in [-0.4, -0.2) is 11.6 Å². The minimum Gasteiger partial charge on any atom is -0.557 e. The molecule has 0 bridgehead atoms. The third kappa shape index (κ3) is 2.17. The van der Waals surface area contributed by atoms with Crippen LogP contribution in [0.5, 0.6) is 0 Å². The Hall–Kier alpha value is -1.68. The predicted molar refractivity (Wildman–Crippen MR) is 53.6 cm³/mol. The van der Waals surface area contributed by atoms with Gasteiger partial charge in [0, 0.05) is 12.7 Å². The lowest BCUT2D eigenvalue weighted by molar-refractivity contribution is 0.251. The van der Waals surface area contributed by atoms with Gasteiger partial charge in [-0.15, -0.1) is 0 Å². The molecule has 14 heavy (non-hydrogen) atoms. The molecule has 0 aliphatic carbocycles. The normalized spacial score (nSPS) is 15.1. The zero-order valence-electron chi connectivity index (χ0n) is 7.76. The molecule has 0 atom stereocenters. The van der Waals surface area contributed by atoms with Crippen molar-refractivity contribution in [1.82, 2.24) is 5.01 Å². The lowest BCUT2D eigenvalue weighted by Crippen LogP contribution is -2.11. The fraction of sp³-hybridized carbons (Fsp3) is 0.200. The van der Waals surface area contributed by atoms with Gasteiger partial charge in [-0.05, 0) is 12.0 Å². The highest BCUT2D eigenvalue weighted by Crippen LogP contribution is 2.14. The SMILES string of the molecule is NC1=CN(CCc2ccccc2)[N-]O1. The van der Waals surface area contributed by atoms with Crippen molar-refractivity contribution in [1.29, 1.82) is 0 Å². The fourth-order valence-electron chi connectivity index (χ4n) is 1.29. The molecule has 0 saturated heterocycles. The third-order valence-electron chi connectivity index (χ3n) is 2.00. The van der Waals surface area contributed by atoms with Crippen molar-refractivity contribution in [3.63, 3.8) is 0 Å². The molecule has 0 unspecified atom stereocenters. The first-order chi connectivity index (χ1) is 6.84. The summed E-state index contributed by atoms with van der Waals surface area (Å²) >= 11 is 0.